The highest BCUT2D eigenvalue weighted by atomic mass is 16.5. The minimum atomic E-state index is -0.432. The van der Waals surface area contributed by atoms with Gasteiger partial charge in [0.1, 0.15) is 5.60 Å². The van der Waals surface area contributed by atoms with E-state index in [0.29, 0.717) is 24.7 Å². The number of hydrogen-bond donors (Lipinski definition) is 1. The second-order valence-electron chi connectivity index (χ2n) is 4.85. The first-order chi connectivity index (χ1) is 9.24. The molecule has 1 atom stereocenters. The van der Waals surface area contributed by atoms with Crippen molar-refractivity contribution in [3.63, 3.8) is 0 Å². The van der Waals surface area contributed by atoms with Gasteiger partial charge in [0.15, 0.2) is 0 Å². The number of hydrogen-bond acceptors (Lipinski definition) is 6. The van der Waals surface area contributed by atoms with E-state index < -0.39 is 5.60 Å². The van der Waals surface area contributed by atoms with Gasteiger partial charge >= 0.3 is 0 Å². The molecule has 108 valence electrons. The van der Waals surface area contributed by atoms with E-state index in [1.807, 2.05) is 0 Å². The zero-order valence-electron chi connectivity index (χ0n) is 11.9. The van der Waals surface area contributed by atoms with E-state index in [-0.39, 0.29) is 6.04 Å². The van der Waals surface area contributed by atoms with Gasteiger partial charge < -0.3 is 19.3 Å². The number of rotatable bonds is 6. The molecular weight excluding hydrogens is 246 g/mol. The summed E-state index contributed by atoms with van der Waals surface area (Å²) in [6.45, 7) is 6.47. The predicted octanol–water partition coefficient (Wildman–Crippen LogP) is 1.26. The topological polar surface area (TPSA) is 69.4 Å². The van der Waals surface area contributed by atoms with Gasteiger partial charge in [-0.2, -0.15) is 4.98 Å². The summed E-state index contributed by atoms with van der Waals surface area (Å²) in [7, 11) is 1.69. The smallest absolute Gasteiger partial charge is 0.228 e. The van der Waals surface area contributed by atoms with Gasteiger partial charge in [0, 0.05) is 26.1 Å². The van der Waals surface area contributed by atoms with E-state index in [0.717, 1.165) is 26.0 Å². The van der Waals surface area contributed by atoms with Crippen LogP contribution in [0.2, 0.25) is 0 Å². The summed E-state index contributed by atoms with van der Waals surface area (Å²) < 4.78 is 16.4. The van der Waals surface area contributed by atoms with Gasteiger partial charge in [-0.25, -0.2) is 0 Å². The Kier molecular flexibility index (Phi) is 4.90. The lowest BCUT2D eigenvalue weighted by molar-refractivity contribution is -0.0306. The van der Waals surface area contributed by atoms with Crippen LogP contribution in [0, 0.1) is 0 Å². The van der Waals surface area contributed by atoms with Crippen LogP contribution in [0.1, 0.15) is 38.4 Å². The fourth-order valence-electron chi connectivity index (χ4n) is 2.43. The second kappa shape index (κ2) is 6.45. The Hall–Kier alpha value is -0.980. The fourth-order valence-corrected chi connectivity index (χ4v) is 2.43. The van der Waals surface area contributed by atoms with Gasteiger partial charge in [-0.1, -0.05) is 19.0 Å². The van der Waals surface area contributed by atoms with Crippen LogP contribution in [0.15, 0.2) is 4.52 Å². The van der Waals surface area contributed by atoms with Gasteiger partial charge in [0.25, 0.3) is 0 Å². The molecule has 2 rings (SSSR count). The van der Waals surface area contributed by atoms with Crippen LogP contribution < -0.4 is 5.32 Å². The number of nitrogens with one attached hydrogen (secondary N) is 1. The summed E-state index contributed by atoms with van der Waals surface area (Å²) in [4.78, 5) is 4.49. The summed E-state index contributed by atoms with van der Waals surface area (Å²) in [5.41, 5.74) is -0.432. The van der Waals surface area contributed by atoms with Crippen LogP contribution >= 0.6 is 0 Å². The van der Waals surface area contributed by atoms with Crippen LogP contribution in [0.5, 0.6) is 0 Å². The standard InChI is InChI=1S/C13H23N3O3/c1-4-13(5-2,17-3)12-15-11(19-16-12)8-10-9-18-7-6-14-10/h10,14H,4-9H2,1-3H3. The average Bonchev–Trinajstić information content (AvgIpc) is 2.92. The normalized spacial score (nSPS) is 20.7. The quantitative estimate of drug-likeness (QED) is 0.838. The van der Waals surface area contributed by atoms with E-state index >= 15 is 0 Å². The molecule has 1 aliphatic heterocycles. The lowest BCUT2D eigenvalue weighted by Crippen LogP contribution is -2.42. The molecule has 0 spiro atoms. The van der Waals surface area contributed by atoms with Gasteiger partial charge in [-0.3, -0.25) is 0 Å². The van der Waals surface area contributed by atoms with Crippen molar-refractivity contribution in [2.24, 2.45) is 0 Å². The molecule has 19 heavy (non-hydrogen) atoms. The van der Waals surface area contributed by atoms with E-state index in [2.05, 4.69) is 29.3 Å². The molecule has 1 unspecified atom stereocenters. The summed E-state index contributed by atoms with van der Waals surface area (Å²) in [6.07, 6.45) is 2.34. The van der Waals surface area contributed by atoms with Crippen molar-refractivity contribution in [1.29, 1.82) is 0 Å². The summed E-state index contributed by atoms with van der Waals surface area (Å²) in [6, 6.07) is 0.252. The Balaban J connectivity index is 2.05. The van der Waals surface area contributed by atoms with Crippen LogP contribution in [-0.2, 0) is 21.5 Å². The summed E-state index contributed by atoms with van der Waals surface area (Å²) in [5, 5.41) is 7.46. The third kappa shape index (κ3) is 3.13. The molecule has 1 saturated heterocycles. The van der Waals surface area contributed by atoms with Crippen LogP contribution in [0.3, 0.4) is 0 Å². The summed E-state index contributed by atoms with van der Waals surface area (Å²) in [5.74, 6) is 1.29. The van der Waals surface area contributed by atoms with Crippen molar-refractivity contribution in [3.05, 3.63) is 11.7 Å². The van der Waals surface area contributed by atoms with Crippen molar-refractivity contribution >= 4 is 0 Å². The Labute approximate surface area is 113 Å². The molecule has 1 fully saturated rings. The van der Waals surface area contributed by atoms with Gasteiger partial charge in [-0.05, 0) is 12.8 Å². The van der Waals surface area contributed by atoms with Crippen LogP contribution in [-0.4, -0.2) is 43.1 Å². The maximum absolute atomic E-state index is 5.60. The van der Waals surface area contributed by atoms with E-state index in [9.17, 15) is 0 Å². The molecule has 1 N–H and O–H groups in total. The second-order valence-corrected chi connectivity index (χ2v) is 4.85. The molecular formula is C13H23N3O3. The molecule has 6 nitrogen and oxygen atoms in total. The number of ether oxygens (including phenoxy) is 2. The number of aromatic nitrogens is 2. The minimum Gasteiger partial charge on any atom is -0.378 e. The molecule has 0 amide bonds. The zero-order chi connectivity index (χ0) is 13.7. The Bertz CT molecular complexity index is 376. The van der Waals surface area contributed by atoms with Crippen LogP contribution in [0.25, 0.3) is 0 Å². The first-order valence-electron chi connectivity index (χ1n) is 6.93. The van der Waals surface area contributed by atoms with Crippen molar-refractivity contribution in [3.8, 4) is 0 Å². The molecule has 1 aliphatic rings. The van der Waals surface area contributed by atoms with Crippen LogP contribution in [0.4, 0.5) is 0 Å². The van der Waals surface area contributed by atoms with E-state index in [1.54, 1.807) is 7.11 Å². The molecule has 0 saturated carbocycles. The van der Waals surface area contributed by atoms with Gasteiger partial charge in [-0.15, -0.1) is 0 Å². The maximum atomic E-state index is 5.60. The number of methoxy groups -OCH3 is 1. The predicted molar refractivity (Wildman–Crippen MR) is 69.9 cm³/mol. The van der Waals surface area contributed by atoms with E-state index in [1.165, 1.54) is 0 Å². The molecule has 0 radical (unpaired) electrons. The average molecular weight is 269 g/mol. The number of morpholine rings is 1. The third-order valence-corrected chi connectivity index (χ3v) is 3.83. The largest absolute Gasteiger partial charge is 0.378 e. The van der Waals surface area contributed by atoms with Crippen molar-refractivity contribution in [2.75, 3.05) is 26.9 Å². The highest BCUT2D eigenvalue weighted by Crippen LogP contribution is 2.30. The molecule has 0 aliphatic carbocycles. The monoisotopic (exact) mass is 269 g/mol. The third-order valence-electron chi connectivity index (χ3n) is 3.83. The molecule has 1 aromatic rings. The Morgan fingerprint density at radius 1 is 1.42 bits per heavy atom. The van der Waals surface area contributed by atoms with Crippen molar-refractivity contribution in [2.45, 2.75) is 44.8 Å². The molecule has 6 heteroatoms. The SMILES string of the molecule is CCC(CC)(OC)c1noc(CC2COCCN2)n1. The van der Waals surface area contributed by atoms with Crippen molar-refractivity contribution < 1.29 is 14.0 Å². The van der Waals surface area contributed by atoms with Crippen molar-refractivity contribution in [1.82, 2.24) is 15.5 Å². The number of nitrogens with zero attached hydrogens (tertiary/aromatic N) is 2. The lowest BCUT2D eigenvalue weighted by atomic mass is 9.96. The van der Waals surface area contributed by atoms with E-state index in [4.69, 9.17) is 14.0 Å². The molecule has 2 heterocycles. The highest BCUT2D eigenvalue weighted by Gasteiger charge is 2.34. The highest BCUT2D eigenvalue weighted by molar-refractivity contribution is 5.01. The zero-order valence-corrected chi connectivity index (χ0v) is 11.9. The molecule has 0 aromatic carbocycles. The maximum Gasteiger partial charge on any atom is 0.228 e. The first kappa shape index (κ1) is 14.4. The first-order valence-corrected chi connectivity index (χ1v) is 6.93. The lowest BCUT2D eigenvalue weighted by Gasteiger charge is -2.26. The molecule has 0 bridgehead atoms. The Morgan fingerprint density at radius 3 is 2.79 bits per heavy atom. The minimum absolute atomic E-state index is 0.252. The van der Waals surface area contributed by atoms with Gasteiger partial charge in [0.2, 0.25) is 11.7 Å². The summed E-state index contributed by atoms with van der Waals surface area (Å²) >= 11 is 0. The fraction of sp³-hybridized carbons (Fsp3) is 0.846. The van der Waals surface area contributed by atoms with Gasteiger partial charge in [0.05, 0.1) is 13.2 Å². The Morgan fingerprint density at radius 2 is 2.21 bits per heavy atom. The molecule has 1 aromatic heterocycles.